The van der Waals surface area contributed by atoms with E-state index in [0.717, 1.165) is 18.4 Å². The van der Waals surface area contributed by atoms with Crippen LogP contribution in [0.1, 0.15) is 18.4 Å². The molecule has 0 spiro atoms. The Bertz CT molecular complexity index is 388. The summed E-state index contributed by atoms with van der Waals surface area (Å²) >= 11 is 3.40. The second kappa shape index (κ2) is 3.68. The summed E-state index contributed by atoms with van der Waals surface area (Å²) < 4.78 is 5.75. The van der Waals surface area contributed by atoms with E-state index in [1.165, 1.54) is 7.11 Å². The fraction of sp³-hybridized carbons (Fsp3) is 0.455. The molecule has 1 aromatic rings. The Labute approximate surface area is 97.4 Å². The van der Waals surface area contributed by atoms with E-state index in [9.17, 15) is 5.11 Å². The predicted molar refractivity (Wildman–Crippen MR) is 62.3 cm³/mol. The molecule has 3 N–H and O–H groups in total. The van der Waals surface area contributed by atoms with Gasteiger partial charge in [0.1, 0.15) is 0 Å². The van der Waals surface area contributed by atoms with Crippen molar-refractivity contribution in [3.63, 3.8) is 0 Å². The number of nitrogens with two attached hydrogens (primary N) is 1. The van der Waals surface area contributed by atoms with Crippen molar-refractivity contribution in [3.8, 4) is 11.5 Å². The van der Waals surface area contributed by atoms with Crippen molar-refractivity contribution in [2.24, 2.45) is 5.73 Å². The lowest BCUT2D eigenvalue weighted by molar-refractivity contribution is 0.371. The van der Waals surface area contributed by atoms with Crippen molar-refractivity contribution in [1.29, 1.82) is 0 Å². The zero-order valence-electron chi connectivity index (χ0n) is 8.59. The van der Waals surface area contributed by atoms with Gasteiger partial charge in [-0.3, -0.25) is 0 Å². The number of benzene rings is 1. The molecule has 0 heterocycles. The zero-order chi connectivity index (χ0) is 11.1. The number of halogens is 1. The van der Waals surface area contributed by atoms with Gasteiger partial charge >= 0.3 is 0 Å². The van der Waals surface area contributed by atoms with E-state index in [1.807, 2.05) is 6.07 Å². The van der Waals surface area contributed by atoms with Crippen LogP contribution in [0.4, 0.5) is 0 Å². The highest BCUT2D eigenvalue weighted by molar-refractivity contribution is 9.10. The van der Waals surface area contributed by atoms with Crippen LogP contribution in [-0.2, 0) is 5.41 Å². The number of rotatable bonds is 3. The average molecular weight is 272 g/mol. The molecule has 0 bridgehead atoms. The van der Waals surface area contributed by atoms with Crippen LogP contribution >= 0.6 is 15.9 Å². The molecule has 0 unspecified atom stereocenters. The lowest BCUT2D eigenvalue weighted by Gasteiger charge is -2.17. The van der Waals surface area contributed by atoms with Crippen LogP contribution in [0.5, 0.6) is 11.5 Å². The first-order valence-corrected chi connectivity index (χ1v) is 5.70. The second-order valence-electron chi connectivity index (χ2n) is 3.96. The quantitative estimate of drug-likeness (QED) is 0.886. The van der Waals surface area contributed by atoms with Crippen molar-refractivity contribution >= 4 is 15.9 Å². The van der Waals surface area contributed by atoms with Gasteiger partial charge in [0.2, 0.25) is 0 Å². The summed E-state index contributed by atoms with van der Waals surface area (Å²) in [5.74, 6) is 0.646. The summed E-state index contributed by atoms with van der Waals surface area (Å²) in [6.45, 7) is 0.622. The van der Waals surface area contributed by atoms with Crippen molar-refractivity contribution < 1.29 is 9.84 Å². The number of methoxy groups -OCH3 is 1. The van der Waals surface area contributed by atoms with E-state index >= 15 is 0 Å². The minimum Gasteiger partial charge on any atom is -0.503 e. The summed E-state index contributed by atoms with van der Waals surface area (Å²) in [6, 6.07) is 3.76. The van der Waals surface area contributed by atoms with E-state index in [1.54, 1.807) is 6.07 Å². The van der Waals surface area contributed by atoms with E-state index in [4.69, 9.17) is 10.5 Å². The summed E-state index contributed by atoms with van der Waals surface area (Å²) in [7, 11) is 1.54. The lowest BCUT2D eigenvalue weighted by atomic mass is 9.96. The average Bonchev–Trinajstić information content (AvgIpc) is 3.03. The highest BCUT2D eigenvalue weighted by atomic mass is 79.9. The number of aromatic hydroxyl groups is 1. The molecule has 1 aliphatic carbocycles. The molecule has 1 aliphatic rings. The molecule has 0 aliphatic heterocycles. The van der Waals surface area contributed by atoms with Crippen LogP contribution in [0, 0.1) is 0 Å². The Kier molecular flexibility index (Phi) is 2.64. The number of phenolic OH excluding ortho intramolecular Hbond substituents is 1. The first-order valence-electron chi connectivity index (χ1n) is 4.90. The van der Waals surface area contributed by atoms with E-state index in [0.29, 0.717) is 16.8 Å². The van der Waals surface area contributed by atoms with Gasteiger partial charge in [-0.25, -0.2) is 0 Å². The Hall–Kier alpha value is -0.740. The van der Waals surface area contributed by atoms with Crippen molar-refractivity contribution in [2.45, 2.75) is 18.3 Å². The molecule has 2 rings (SSSR count). The van der Waals surface area contributed by atoms with Gasteiger partial charge in [0, 0.05) is 12.0 Å². The van der Waals surface area contributed by atoms with E-state index in [2.05, 4.69) is 15.9 Å². The molecule has 1 saturated carbocycles. The fourth-order valence-corrected chi connectivity index (χ4v) is 2.60. The molecule has 1 aromatic carbocycles. The zero-order valence-corrected chi connectivity index (χ0v) is 10.2. The Balaban J connectivity index is 2.47. The third-order valence-electron chi connectivity index (χ3n) is 3.11. The van der Waals surface area contributed by atoms with Crippen LogP contribution in [0.25, 0.3) is 0 Å². The molecule has 0 atom stereocenters. The van der Waals surface area contributed by atoms with Gasteiger partial charge in [-0.05, 0) is 40.4 Å². The van der Waals surface area contributed by atoms with Gasteiger partial charge < -0.3 is 15.6 Å². The number of phenols is 1. The smallest absolute Gasteiger partial charge is 0.172 e. The maximum atomic E-state index is 9.85. The molecule has 3 nitrogen and oxygen atoms in total. The largest absolute Gasteiger partial charge is 0.503 e. The van der Waals surface area contributed by atoms with Crippen LogP contribution in [0.15, 0.2) is 16.6 Å². The van der Waals surface area contributed by atoms with Gasteiger partial charge in [0.05, 0.1) is 11.6 Å². The van der Waals surface area contributed by atoms with E-state index < -0.39 is 0 Å². The van der Waals surface area contributed by atoms with Crippen LogP contribution in [0.2, 0.25) is 0 Å². The fourth-order valence-electron chi connectivity index (χ4n) is 1.86. The molecule has 0 amide bonds. The molecule has 0 radical (unpaired) electrons. The Morgan fingerprint density at radius 1 is 1.53 bits per heavy atom. The van der Waals surface area contributed by atoms with Gasteiger partial charge in [0.25, 0.3) is 0 Å². The van der Waals surface area contributed by atoms with Crippen LogP contribution in [-0.4, -0.2) is 18.8 Å². The molecular formula is C11H14BrNO2. The Morgan fingerprint density at radius 3 is 2.67 bits per heavy atom. The van der Waals surface area contributed by atoms with Gasteiger partial charge in [-0.15, -0.1) is 0 Å². The Morgan fingerprint density at radius 2 is 2.20 bits per heavy atom. The SMILES string of the molecule is COc1ccc(C2(CN)CC2)c(Br)c1O. The highest BCUT2D eigenvalue weighted by Gasteiger charge is 2.44. The van der Waals surface area contributed by atoms with Crippen molar-refractivity contribution in [2.75, 3.05) is 13.7 Å². The normalized spacial score (nSPS) is 17.5. The summed E-state index contributed by atoms with van der Waals surface area (Å²) in [4.78, 5) is 0. The summed E-state index contributed by atoms with van der Waals surface area (Å²) in [6.07, 6.45) is 2.18. The monoisotopic (exact) mass is 271 g/mol. The summed E-state index contributed by atoms with van der Waals surface area (Å²) in [5.41, 5.74) is 6.92. The van der Waals surface area contributed by atoms with Crippen LogP contribution in [0.3, 0.4) is 0 Å². The van der Waals surface area contributed by atoms with E-state index in [-0.39, 0.29) is 11.2 Å². The van der Waals surface area contributed by atoms with Gasteiger partial charge in [0.15, 0.2) is 11.5 Å². The molecular weight excluding hydrogens is 258 g/mol. The maximum absolute atomic E-state index is 9.85. The van der Waals surface area contributed by atoms with Crippen molar-refractivity contribution in [1.82, 2.24) is 0 Å². The molecule has 4 heteroatoms. The molecule has 0 aromatic heterocycles. The number of hydrogen-bond acceptors (Lipinski definition) is 3. The molecule has 0 saturated heterocycles. The minimum absolute atomic E-state index is 0.0720. The first-order chi connectivity index (χ1) is 7.14. The predicted octanol–water partition coefficient (Wildman–Crippen LogP) is 2.15. The van der Waals surface area contributed by atoms with Crippen molar-refractivity contribution in [3.05, 3.63) is 22.2 Å². The molecule has 1 fully saturated rings. The summed E-state index contributed by atoms with van der Waals surface area (Å²) in [5, 5.41) is 9.85. The molecule has 15 heavy (non-hydrogen) atoms. The topological polar surface area (TPSA) is 55.5 Å². The minimum atomic E-state index is 0.0720. The lowest BCUT2D eigenvalue weighted by Crippen LogP contribution is -2.20. The standard InChI is InChI=1S/C11H14BrNO2/c1-15-8-3-2-7(9(12)10(8)14)11(6-13)4-5-11/h2-3,14H,4-6,13H2,1H3. The third-order valence-corrected chi connectivity index (χ3v) is 3.92. The third kappa shape index (κ3) is 1.62. The molecule has 82 valence electrons. The second-order valence-corrected chi connectivity index (χ2v) is 4.76. The van der Waals surface area contributed by atoms with Crippen LogP contribution < -0.4 is 10.5 Å². The number of ether oxygens (including phenoxy) is 1. The number of hydrogen-bond donors (Lipinski definition) is 2. The maximum Gasteiger partial charge on any atom is 0.172 e. The first kappa shape index (κ1) is 10.8. The highest BCUT2D eigenvalue weighted by Crippen LogP contribution is 2.52. The van der Waals surface area contributed by atoms with Gasteiger partial charge in [-0.1, -0.05) is 6.07 Å². The van der Waals surface area contributed by atoms with Gasteiger partial charge in [-0.2, -0.15) is 0 Å².